The van der Waals surface area contributed by atoms with Crippen LogP contribution < -0.4 is 63.9 Å². The summed E-state index contributed by atoms with van der Waals surface area (Å²) < 4.78 is 0. The van der Waals surface area contributed by atoms with E-state index in [0.717, 1.165) is 114 Å². The molecule has 0 saturated heterocycles. The summed E-state index contributed by atoms with van der Waals surface area (Å²) in [5.41, 5.74) is 51.1. The van der Waals surface area contributed by atoms with E-state index in [1.165, 1.54) is 117 Å². The van der Waals surface area contributed by atoms with Gasteiger partial charge in [0.25, 0.3) is 0 Å². The predicted molar refractivity (Wildman–Crippen MR) is 528 cm³/mol. The number of hydrazone groups is 1. The number of H-pyrrole nitrogens is 3. The maximum absolute atomic E-state index is 14.0. The Hall–Kier alpha value is -3.03. The van der Waals surface area contributed by atoms with Gasteiger partial charge >= 0.3 is 50.5 Å². The topological polar surface area (TPSA) is 325 Å². The Morgan fingerprint density at radius 3 is 1.15 bits per heavy atom. The van der Waals surface area contributed by atoms with Crippen LogP contribution in [-0.4, -0.2) is 69.1 Å². The monoisotopic (exact) mass is 2100 g/mol. The van der Waals surface area contributed by atoms with Crippen LogP contribution in [-0.2, 0) is 45.1 Å². The molecule has 0 spiro atoms. The van der Waals surface area contributed by atoms with Gasteiger partial charge in [-0.3, -0.25) is 30.3 Å². The van der Waals surface area contributed by atoms with Gasteiger partial charge in [-0.1, -0.05) is 193 Å². The number of nitrogen functional groups attached to an aromatic ring is 3. The number of carbonyl (C=O) groups excluding carboxylic acids is 2. The first-order valence-corrected chi connectivity index (χ1v) is 61.1. The molecule has 9 unspecified atom stereocenters. The van der Waals surface area contributed by atoms with Crippen LogP contribution in [0.4, 0.5) is 17.5 Å². The first-order chi connectivity index (χ1) is 57.0. The van der Waals surface area contributed by atoms with E-state index in [1.54, 1.807) is 16.7 Å². The molecule has 19 rings (SSSR count). The molecule has 25 heteroatoms. The molecule has 9 fully saturated rings. The first-order valence-electron chi connectivity index (χ1n) is 46.9. The first kappa shape index (κ1) is 94.6. The number of allylic oxidation sites excluding steroid dienone is 6. The van der Waals surface area contributed by atoms with E-state index in [4.69, 9.17) is 69.8 Å². The van der Waals surface area contributed by atoms with Crippen molar-refractivity contribution >= 4 is 135 Å². The molecule has 0 aromatic carbocycles. The van der Waals surface area contributed by atoms with E-state index in [9.17, 15) is 9.59 Å². The van der Waals surface area contributed by atoms with Crippen LogP contribution >= 0.6 is 85.5 Å². The zero-order valence-electron chi connectivity index (χ0n) is 78.2. The van der Waals surface area contributed by atoms with Crippen molar-refractivity contribution in [1.82, 2.24) is 46.8 Å². The van der Waals surface area contributed by atoms with Crippen LogP contribution in [0.1, 0.15) is 340 Å². The van der Waals surface area contributed by atoms with Gasteiger partial charge in [-0.15, -0.1) is 0 Å². The fraction of sp³-hybridized carbons (Fsp3) is 0.786. The third kappa shape index (κ3) is 14.1. The van der Waals surface area contributed by atoms with E-state index in [0.29, 0.717) is 77.5 Å². The summed E-state index contributed by atoms with van der Waals surface area (Å²) in [5.74, 6) is 11.8. The van der Waals surface area contributed by atoms with E-state index in [-0.39, 0.29) is 126 Å². The molecule has 1 aliphatic heterocycles. The van der Waals surface area contributed by atoms with E-state index in [2.05, 4.69) is 260 Å². The summed E-state index contributed by atoms with van der Waals surface area (Å²) in [5, 5.41) is 31.6. The minimum Gasteiger partial charge on any atom is -0.375 e. The Morgan fingerprint density at radius 2 is 0.797 bits per heavy atom. The van der Waals surface area contributed by atoms with Crippen molar-refractivity contribution < 1.29 is 22.8 Å². The van der Waals surface area contributed by atoms with E-state index >= 15 is 0 Å². The van der Waals surface area contributed by atoms with Crippen molar-refractivity contribution in [3.05, 3.63) is 68.7 Å². The smallest absolute Gasteiger partial charge is 0.177 e. The quantitative estimate of drug-likeness (QED) is 0.0282. The van der Waals surface area contributed by atoms with Crippen LogP contribution in [0.2, 0.25) is 0 Å². The van der Waals surface area contributed by atoms with E-state index in [1.807, 2.05) is 5.43 Å². The van der Waals surface area contributed by atoms with Crippen molar-refractivity contribution in [2.75, 3.05) is 23.7 Å². The molecule has 9 saturated carbocycles. The van der Waals surface area contributed by atoms with Crippen LogP contribution in [0.3, 0.4) is 0 Å². The van der Waals surface area contributed by atoms with Gasteiger partial charge in [0.15, 0.2) is 16.0 Å². The molecule has 0 radical (unpaired) electrons. The number of rotatable bonds is 5. The minimum atomic E-state index is -0.361. The summed E-state index contributed by atoms with van der Waals surface area (Å²) in [6.07, 6.45) is 39.4. The third-order valence-corrected chi connectivity index (χ3v) is 42.2. The molecule has 682 valence electrons. The molecule has 21 atom stereocenters. The number of hydrogen-bond acceptors (Lipinski definition) is 13. The van der Waals surface area contributed by atoms with Crippen LogP contribution in [0, 0.1) is 134 Å². The number of ketones is 1. The van der Waals surface area contributed by atoms with Crippen molar-refractivity contribution in [2.45, 2.75) is 341 Å². The molecule has 4 heterocycles. The van der Waals surface area contributed by atoms with Crippen molar-refractivity contribution in [3.63, 3.8) is 0 Å². The van der Waals surface area contributed by atoms with Gasteiger partial charge in [-0.2, -0.15) is 20.4 Å². The normalized spacial score (nSPS) is 42.3. The van der Waals surface area contributed by atoms with Crippen LogP contribution in [0.25, 0.3) is 0 Å². The number of halogens is 4. The second-order valence-corrected chi connectivity index (χ2v) is 66.9. The van der Waals surface area contributed by atoms with Crippen molar-refractivity contribution in [2.24, 2.45) is 157 Å². The van der Waals surface area contributed by atoms with Crippen LogP contribution in [0.15, 0.2) is 40.0 Å². The summed E-state index contributed by atoms with van der Waals surface area (Å²) in [4.78, 5) is 28.0. The molecule has 0 amide bonds. The number of carbonyl (C=O) groups is 2. The van der Waals surface area contributed by atoms with Crippen molar-refractivity contribution in [3.8, 4) is 0 Å². The van der Waals surface area contributed by atoms with Gasteiger partial charge in [0.1, 0.15) is 22.4 Å². The molecule has 18 nitrogen and oxygen atoms in total. The molecule has 18 N–H and O–H groups in total. The second kappa shape index (κ2) is 31.6. The number of nitrogens with zero attached hydrogens (tertiary/aromatic N) is 4. The second-order valence-electron chi connectivity index (χ2n) is 48.9. The molecule has 3 aromatic heterocycles. The van der Waals surface area contributed by atoms with Gasteiger partial charge in [-0.05, 0) is 328 Å². The number of nitrogens with one attached hydrogen (secondary N) is 6. The maximum Gasteiger partial charge on any atom is 0.177 e. The van der Waals surface area contributed by atoms with Gasteiger partial charge in [0, 0.05) is 67.3 Å². The molecule has 3 aromatic rings. The number of aromatic amines is 3. The van der Waals surface area contributed by atoms with Gasteiger partial charge in [0.05, 0.1) is 17.7 Å². The number of anilines is 3. The summed E-state index contributed by atoms with van der Waals surface area (Å²) >= 11 is 26.7. The predicted octanol–water partition coefficient (Wildman–Crippen LogP) is 18.7. The standard InChI is InChI=1S/C33H51N5OS.C33H49N5S.C31H46ClN3O.CH5N3S.I3/c1-28(2)12-14-33(24(39)18-36-27(35)40)15-13-31(6)20(21(33)17-28)8-9-23-30(5)16-19-25(37-38-26(19)34)29(3,4)22(30)10-11-32(23,31)7;1-28(2)12-14-33(24-16-25(39)36-35-24)15-13-31(6)20(21(33)18-28)8-9-23-30(5)17-19-26(37-38-27(19)34)29(3,4)22(30)10-11-32(23,31)7;1-26(2)12-14-31(25(32)36)15-13-29(6)19(20(31)17-26)8-9-22-28(5)16-18-23(34-35-24(18)33)27(3,4)21(28)10-11-30(22,29)7;2-1(5)4-3;1-3-2/h8,21-23H,9-18H2,1-7H3,(H3,34,37,38)(H3,35,36,40);8,21-23H,9-18H2,1-7H3,(H,36,39)(H3,34,37,38);8,20-22H,9-17H2,1-7H3,(H3,33,34,35);3H2,(H3,2,4,5);/q;;;;-1/t2*21?,22?,23?,30-,31+,32+,33-;20?,21?,22?,28-,29+,30+,31-;;/m000../s1. The number of nitrogens with two attached hydrogens (primary N) is 6. The van der Waals surface area contributed by atoms with E-state index < -0.39 is 0 Å². The minimum absolute atomic E-state index is 0.0112. The SMILES string of the molecule is CC1(C)CC[C@]2(C(=O)CNC(N)=S)CC[C@]3(C)C(=CCC4[C@@]5(C)Cc6c(N)n[nH]c6C(C)(C)C5CC[C@]43C)C2C1.CC1(C)CC[C@]2(C(=O)Cl)CC[C@]3(C)C(=CCC4[C@@]5(C)Cc6c(N)n[nH]c6C(C)(C)C5CC[C@]43C)C2C1.CC1(C)CC[C@]2(C3=NNC(=S)C3)CC[C@]3(C)C(=CCC4[C@@]5(C)Cc6c(N)n[nH]c6C(C)(C)C5CC[C@]43C)C2C1.I[I-]I.NNC(N)=S. The average molecular weight is 2100 g/mol. The molecule has 15 aliphatic carbocycles. The van der Waals surface area contributed by atoms with Gasteiger partial charge in [0.2, 0.25) is 5.24 Å². The van der Waals surface area contributed by atoms with Gasteiger partial charge in [-0.25, -0.2) is 5.84 Å². The molecular weight excluding hydrogens is 1950 g/mol. The number of fused-ring (bicyclic) bond motifs is 24. The zero-order valence-corrected chi connectivity index (χ0v) is 87.9. The number of hydrogen-bond donors (Lipinski definition) is 12. The Balaban J connectivity index is 0.000000137. The summed E-state index contributed by atoms with van der Waals surface area (Å²) in [6, 6.07) is 0. The Morgan fingerprint density at radius 1 is 0.480 bits per heavy atom. The Bertz CT molecular complexity index is 4880. The maximum atomic E-state index is 14.0. The number of Topliss-reactive ketones (excluding diaryl/α,β-unsaturated/α-hetero) is 1. The average Bonchev–Trinajstić information content (AvgIpc) is 1.38. The molecule has 16 aliphatic rings. The summed E-state index contributed by atoms with van der Waals surface area (Å²) in [6.45, 7) is 52.8. The third-order valence-electron chi connectivity index (χ3n) is 41.4. The largest absolute Gasteiger partial charge is 0.375 e. The summed E-state index contributed by atoms with van der Waals surface area (Å²) in [7, 11) is 0. The molecular formula is C98H151ClI3N16O2S3-. The van der Waals surface area contributed by atoms with Crippen LogP contribution in [0.5, 0.6) is 0 Å². The number of hydrazine groups is 1. The Kier molecular flexibility index (Phi) is 24.3. The van der Waals surface area contributed by atoms with Gasteiger partial charge < -0.3 is 39.4 Å². The number of thiocarbonyl (C=S) groups is 3. The van der Waals surface area contributed by atoms with Crippen molar-refractivity contribution in [1.29, 1.82) is 0 Å². The fourth-order valence-electron chi connectivity index (χ4n) is 34.4. The zero-order chi connectivity index (χ0) is 90.0. The Labute approximate surface area is 787 Å². The number of aromatic nitrogens is 6. The molecule has 0 bridgehead atoms. The fourth-order valence-corrected chi connectivity index (χ4v) is 35.0. The molecule has 123 heavy (non-hydrogen) atoms.